The lowest BCUT2D eigenvalue weighted by Crippen LogP contribution is -2.18. The zero-order valence-electron chi connectivity index (χ0n) is 9.49. The van der Waals surface area contributed by atoms with Gasteiger partial charge in [0.2, 0.25) is 0 Å². The van der Waals surface area contributed by atoms with Crippen molar-refractivity contribution in [1.29, 1.82) is 0 Å². The molecule has 0 saturated heterocycles. The van der Waals surface area contributed by atoms with Crippen molar-refractivity contribution in [1.82, 2.24) is 0 Å². The van der Waals surface area contributed by atoms with Crippen LogP contribution in [-0.4, -0.2) is 6.61 Å². The molecule has 0 spiro atoms. The van der Waals surface area contributed by atoms with E-state index in [1.807, 2.05) is 0 Å². The van der Waals surface area contributed by atoms with Crippen LogP contribution in [0.4, 0.5) is 0 Å². The third-order valence-electron chi connectivity index (χ3n) is 3.40. The predicted molar refractivity (Wildman–Crippen MR) is 61.6 cm³/mol. The van der Waals surface area contributed by atoms with Gasteiger partial charge in [0.1, 0.15) is 0 Å². The first kappa shape index (κ1) is 10.7. The van der Waals surface area contributed by atoms with E-state index in [-0.39, 0.29) is 5.41 Å². The van der Waals surface area contributed by atoms with Gasteiger partial charge in [-0.25, -0.2) is 5.90 Å². The zero-order chi connectivity index (χ0) is 10.9. The van der Waals surface area contributed by atoms with Crippen molar-refractivity contribution in [3.05, 3.63) is 35.4 Å². The van der Waals surface area contributed by atoms with Crippen molar-refractivity contribution >= 4 is 0 Å². The molecule has 0 aliphatic heterocycles. The van der Waals surface area contributed by atoms with E-state index in [0.717, 1.165) is 0 Å². The molecule has 0 bridgehead atoms. The Balaban J connectivity index is 2.17. The number of benzene rings is 1. The molecule has 1 aromatic rings. The molecule has 1 fully saturated rings. The maximum absolute atomic E-state index is 5.17. The Labute approximate surface area is 91.4 Å². The first-order valence-electron chi connectivity index (χ1n) is 5.60. The molecule has 2 nitrogen and oxygen atoms in total. The molecule has 1 saturated carbocycles. The van der Waals surface area contributed by atoms with E-state index < -0.39 is 0 Å². The quantitative estimate of drug-likeness (QED) is 0.767. The number of nitrogens with two attached hydrogens (primary N) is 1. The van der Waals surface area contributed by atoms with Crippen LogP contribution in [0.5, 0.6) is 0 Å². The molecule has 15 heavy (non-hydrogen) atoms. The van der Waals surface area contributed by atoms with Gasteiger partial charge in [-0.2, -0.15) is 0 Å². The van der Waals surface area contributed by atoms with Crippen LogP contribution in [0.1, 0.15) is 43.7 Å². The lowest BCUT2D eigenvalue weighted by Gasteiger charge is -2.15. The van der Waals surface area contributed by atoms with E-state index in [4.69, 9.17) is 10.7 Å². The Morgan fingerprint density at radius 3 is 2.27 bits per heavy atom. The van der Waals surface area contributed by atoms with Crippen LogP contribution >= 0.6 is 0 Å². The Morgan fingerprint density at radius 1 is 1.27 bits per heavy atom. The van der Waals surface area contributed by atoms with Crippen LogP contribution in [0, 0.1) is 0 Å². The van der Waals surface area contributed by atoms with Gasteiger partial charge in [-0.05, 0) is 29.9 Å². The monoisotopic (exact) mass is 205 g/mol. The highest BCUT2D eigenvalue weighted by atomic mass is 16.6. The van der Waals surface area contributed by atoms with E-state index >= 15 is 0 Å². The summed E-state index contributed by atoms with van der Waals surface area (Å²) in [4.78, 5) is 4.80. The summed E-state index contributed by atoms with van der Waals surface area (Å²) in [5.74, 6) is 5.77. The Morgan fingerprint density at radius 2 is 1.87 bits per heavy atom. The highest BCUT2D eigenvalue weighted by molar-refractivity contribution is 5.34. The first-order valence-corrected chi connectivity index (χ1v) is 5.60. The van der Waals surface area contributed by atoms with Crippen LogP contribution in [0.15, 0.2) is 24.3 Å². The molecule has 1 aliphatic rings. The summed E-state index contributed by atoms with van der Waals surface area (Å²) in [5, 5.41) is 0. The van der Waals surface area contributed by atoms with Crippen molar-refractivity contribution in [2.45, 2.75) is 38.0 Å². The van der Waals surface area contributed by atoms with Gasteiger partial charge in [0.15, 0.2) is 0 Å². The van der Waals surface area contributed by atoms with Crippen molar-refractivity contribution in [2.24, 2.45) is 5.90 Å². The molecular formula is C13H19NO. The molecule has 0 unspecified atom stereocenters. The molecule has 0 atom stereocenters. The van der Waals surface area contributed by atoms with Crippen LogP contribution in [0.3, 0.4) is 0 Å². The smallest absolute Gasteiger partial charge is 0.0775 e. The fraction of sp³-hybridized carbons (Fsp3) is 0.538. The van der Waals surface area contributed by atoms with Gasteiger partial charge < -0.3 is 4.84 Å². The van der Waals surface area contributed by atoms with E-state index in [1.54, 1.807) is 0 Å². The summed E-state index contributed by atoms with van der Waals surface area (Å²) < 4.78 is 0. The second-order valence-corrected chi connectivity index (χ2v) is 4.87. The van der Waals surface area contributed by atoms with Gasteiger partial charge in [-0.15, -0.1) is 0 Å². The Bertz CT molecular complexity index is 325. The van der Waals surface area contributed by atoms with Crippen molar-refractivity contribution in [3.63, 3.8) is 0 Å². The summed E-state index contributed by atoms with van der Waals surface area (Å²) in [6, 6.07) is 8.88. The molecule has 0 heterocycles. The highest BCUT2D eigenvalue weighted by Crippen LogP contribution is 2.48. The van der Waals surface area contributed by atoms with E-state index in [1.165, 1.54) is 24.0 Å². The third-order valence-corrected chi connectivity index (χ3v) is 3.40. The summed E-state index contributed by atoms with van der Waals surface area (Å²) in [6.07, 6.45) is 2.40. The second-order valence-electron chi connectivity index (χ2n) is 4.87. The topological polar surface area (TPSA) is 35.2 Å². The first-order chi connectivity index (χ1) is 7.18. The minimum absolute atomic E-state index is 0.226. The average Bonchev–Trinajstić information content (AvgIpc) is 3.00. The molecule has 0 radical (unpaired) electrons. The number of rotatable bonds is 4. The summed E-state index contributed by atoms with van der Waals surface area (Å²) in [6.45, 7) is 5.07. The Hall–Kier alpha value is -0.860. The highest BCUT2D eigenvalue weighted by Gasteiger charge is 2.44. The lowest BCUT2D eigenvalue weighted by molar-refractivity contribution is 0.116. The van der Waals surface area contributed by atoms with Gasteiger partial charge in [0.25, 0.3) is 0 Å². The second kappa shape index (κ2) is 3.95. The molecule has 2 N–H and O–H groups in total. The molecule has 0 aromatic heterocycles. The molecule has 1 aromatic carbocycles. The summed E-state index contributed by atoms with van der Waals surface area (Å²) >= 11 is 0. The van der Waals surface area contributed by atoms with Gasteiger partial charge >= 0.3 is 0 Å². The third kappa shape index (κ3) is 2.06. The van der Waals surface area contributed by atoms with Gasteiger partial charge in [0, 0.05) is 5.41 Å². The number of hydrogen-bond donors (Lipinski definition) is 1. The summed E-state index contributed by atoms with van der Waals surface area (Å²) in [7, 11) is 0. The Kier molecular flexibility index (Phi) is 2.81. The van der Waals surface area contributed by atoms with Gasteiger partial charge in [-0.1, -0.05) is 38.1 Å². The molecule has 2 rings (SSSR count). The fourth-order valence-corrected chi connectivity index (χ4v) is 2.05. The lowest BCUT2D eigenvalue weighted by atomic mass is 9.93. The van der Waals surface area contributed by atoms with Crippen LogP contribution < -0.4 is 5.90 Å². The average molecular weight is 205 g/mol. The fourth-order valence-electron chi connectivity index (χ4n) is 2.05. The van der Waals surface area contributed by atoms with Crippen LogP contribution in [0.25, 0.3) is 0 Å². The maximum atomic E-state index is 5.17. The van der Waals surface area contributed by atoms with Crippen LogP contribution in [-0.2, 0) is 10.3 Å². The minimum atomic E-state index is 0.226. The van der Waals surface area contributed by atoms with Crippen molar-refractivity contribution < 1.29 is 4.84 Å². The van der Waals surface area contributed by atoms with Crippen molar-refractivity contribution in [3.8, 4) is 0 Å². The minimum Gasteiger partial charge on any atom is -0.304 e. The SMILES string of the molecule is CC(C)c1ccc(C2(CON)CC2)cc1. The largest absolute Gasteiger partial charge is 0.304 e. The van der Waals surface area contributed by atoms with Gasteiger partial charge in [0.05, 0.1) is 6.61 Å². The normalized spacial score (nSPS) is 18.1. The van der Waals surface area contributed by atoms with E-state index in [9.17, 15) is 0 Å². The van der Waals surface area contributed by atoms with E-state index in [2.05, 4.69) is 38.1 Å². The van der Waals surface area contributed by atoms with Crippen LogP contribution in [0.2, 0.25) is 0 Å². The molecule has 2 heteroatoms. The van der Waals surface area contributed by atoms with E-state index in [0.29, 0.717) is 12.5 Å². The molecule has 1 aliphatic carbocycles. The molecule has 0 amide bonds. The standard InChI is InChI=1S/C13H19NO/c1-10(2)11-3-5-12(6-4-11)13(7-8-13)9-15-14/h3-6,10H,7-9,14H2,1-2H3. The zero-order valence-corrected chi connectivity index (χ0v) is 9.49. The van der Waals surface area contributed by atoms with Gasteiger partial charge in [-0.3, -0.25) is 0 Å². The van der Waals surface area contributed by atoms with Crippen molar-refractivity contribution in [2.75, 3.05) is 6.61 Å². The predicted octanol–water partition coefficient (Wildman–Crippen LogP) is 2.73. The molecular weight excluding hydrogens is 186 g/mol. The maximum Gasteiger partial charge on any atom is 0.0775 e. The number of hydrogen-bond acceptors (Lipinski definition) is 2. The summed E-state index contributed by atoms with van der Waals surface area (Å²) in [5.41, 5.74) is 2.99. The molecule has 82 valence electrons.